The fourth-order valence-corrected chi connectivity index (χ4v) is 1.78. The third kappa shape index (κ3) is 3.70. The number of aliphatic hydroxyl groups excluding tert-OH is 1. The molecule has 0 amide bonds. The van der Waals surface area contributed by atoms with Crippen LogP contribution in [0.2, 0.25) is 0 Å². The van der Waals surface area contributed by atoms with Crippen molar-refractivity contribution in [2.45, 2.75) is 26.1 Å². The van der Waals surface area contributed by atoms with Gasteiger partial charge < -0.3 is 10.8 Å². The van der Waals surface area contributed by atoms with E-state index in [9.17, 15) is 22.7 Å². The highest BCUT2D eigenvalue weighted by molar-refractivity contribution is 5.65. The molecular formula is C13H15F4NO. The third-order valence-electron chi connectivity index (χ3n) is 2.83. The number of nitrogens with two attached hydrogens (primary N) is 1. The Morgan fingerprint density at radius 3 is 2.05 bits per heavy atom. The van der Waals surface area contributed by atoms with E-state index in [1.807, 2.05) is 0 Å². The van der Waals surface area contributed by atoms with Crippen LogP contribution in [0.3, 0.4) is 0 Å². The first-order chi connectivity index (χ1) is 8.64. The lowest BCUT2D eigenvalue weighted by Crippen LogP contribution is -2.39. The van der Waals surface area contributed by atoms with Crippen molar-refractivity contribution >= 4 is 5.57 Å². The summed E-state index contributed by atoms with van der Waals surface area (Å²) in [5, 5.41) is 9.79. The predicted molar refractivity (Wildman–Crippen MR) is 64.8 cm³/mol. The van der Waals surface area contributed by atoms with Crippen LogP contribution in [-0.2, 0) is 0 Å². The molecule has 0 saturated heterocycles. The van der Waals surface area contributed by atoms with E-state index < -0.39 is 29.7 Å². The monoisotopic (exact) mass is 277 g/mol. The summed E-state index contributed by atoms with van der Waals surface area (Å²) in [5.41, 5.74) is 5.63. The highest BCUT2D eigenvalue weighted by Gasteiger charge is 2.45. The summed E-state index contributed by atoms with van der Waals surface area (Å²) < 4.78 is 51.2. The molecule has 0 aliphatic carbocycles. The first kappa shape index (κ1) is 15.5. The molecule has 1 rings (SSSR count). The van der Waals surface area contributed by atoms with E-state index in [-0.39, 0.29) is 5.57 Å². The second-order valence-corrected chi connectivity index (χ2v) is 4.40. The van der Waals surface area contributed by atoms with Crippen LogP contribution in [0.15, 0.2) is 30.0 Å². The van der Waals surface area contributed by atoms with Crippen molar-refractivity contribution in [1.29, 1.82) is 0 Å². The van der Waals surface area contributed by atoms with Crippen molar-refractivity contribution in [1.82, 2.24) is 0 Å². The van der Waals surface area contributed by atoms with Crippen molar-refractivity contribution in [3.05, 3.63) is 41.4 Å². The Bertz CT molecular complexity index is 463. The van der Waals surface area contributed by atoms with Crippen LogP contribution in [0.5, 0.6) is 0 Å². The van der Waals surface area contributed by atoms with Gasteiger partial charge in [0.05, 0.1) is 0 Å². The minimum absolute atomic E-state index is 0.0274. The van der Waals surface area contributed by atoms with Crippen LogP contribution in [0.1, 0.15) is 19.4 Å². The number of benzene rings is 1. The second kappa shape index (κ2) is 5.61. The van der Waals surface area contributed by atoms with E-state index in [1.54, 1.807) is 0 Å². The molecule has 1 unspecified atom stereocenters. The van der Waals surface area contributed by atoms with Crippen molar-refractivity contribution in [2.24, 2.45) is 11.7 Å². The molecule has 0 aliphatic heterocycles. The smallest absolute Gasteiger partial charge is 0.400 e. The van der Waals surface area contributed by atoms with Crippen LogP contribution < -0.4 is 5.73 Å². The fourth-order valence-electron chi connectivity index (χ4n) is 1.78. The van der Waals surface area contributed by atoms with Crippen molar-refractivity contribution in [2.75, 3.05) is 0 Å². The minimum Gasteiger partial charge on any atom is -0.511 e. The van der Waals surface area contributed by atoms with E-state index in [1.165, 1.54) is 26.0 Å². The Morgan fingerprint density at radius 2 is 1.68 bits per heavy atom. The van der Waals surface area contributed by atoms with Gasteiger partial charge in [-0.15, -0.1) is 0 Å². The van der Waals surface area contributed by atoms with Crippen LogP contribution in [0.4, 0.5) is 17.6 Å². The summed E-state index contributed by atoms with van der Waals surface area (Å²) in [5.74, 6) is -3.48. The van der Waals surface area contributed by atoms with Gasteiger partial charge in [0.25, 0.3) is 0 Å². The quantitative estimate of drug-likeness (QED) is 0.654. The molecule has 0 spiro atoms. The van der Waals surface area contributed by atoms with E-state index >= 15 is 0 Å². The summed E-state index contributed by atoms with van der Waals surface area (Å²) in [7, 11) is 0. The van der Waals surface area contributed by atoms with Gasteiger partial charge in [0.2, 0.25) is 0 Å². The third-order valence-corrected chi connectivity index (χ3v) is 2.83. The molecule has 0 saturated carbocycles. The molecule has 0 aromatic heterocycles. The largest absolute Gasteiger partial charge is 0.511 e. The van der Waals surface area contributed by atoms with Gasteiger partial charge in [-0.2, -0.15) is 13.2 Å². The SMILES string of the molecule is C/C(=C(/O)C([C@H](C)N)C(F)(F)F)c1ccc(F)cc1. The summed E-state index contributed by atoms with van der Waals surface area (Å²) in [6, 6.07) is 3.54. The maximum absolute atomic E-state index is 12.8. The van der Waals surface area contributed by atoms with Crippen molar-refractivity contribution in [3.8, 4) is 0 Å². The zero-order valence-electron chi connectivity index (χ0n) is 10.5. The van der Waals surface area contributed by atoms with Crippen LogP contribution >= 0.6 is 0 Å². The normalized spacial score (nSPS) is 16.8. The fraction of sp³-hybridized carbons (Fsp3) is 0.385. The van der Waals surface area contributed by atoms with Gasteiger partial charge in [-0.3, -0.25) is 0 Å². The van der Waals surface area contributed by atoms with Gasteiger partial charge in [0.15, 0.2) is 0 Å². The van der Waals surface area contributed by atoms with Gasteiger partial charge in [-0.05, 0) is 37.1 Å². The lowest BCUT2D eigenvalue weighted by Gasteiger charge is -2.24. The number of hydrogen-bond acceptors (Lipinski definition) is 2. The van der Waals surface area contributed by atoms with Crippen molar-refractivity contribution in [3.63, 3.8) is 0 Å². The zero-order chi connectivity index (χ0) is 14.8. The molecule has 19 heavy (non-hydrogen) atoms. The minimum atomic E-state index is -4.64. The molecule has 0 fully saturated rings. The molecule has 0 heterocycles. The van der Waals surface area contributed by atoms with Gasteiger partial charge in [-0.25, -0.2) is 4.39 Å². The Morgan fingerprint density at radius 1 is 1.21 bits per heavy atom. The topological polar surface area (TPSA) is 46.2 Å². The van der Waals surface area contributed by atoms with E-state index in [2.05, 4.69) is 0 Å². The highest BCUT2D eigenvalue weighted by atomic mass is 19.4. The molecule has 1 aromatic rings. The number of halogens is 4. The number of allylic oxidation sites excluding steroid dienone is 1. The van der Waals surface area contributed by atoms with Gasteiger partial charge in [0.1, 0.15) is 17.5 Å². The standard InChI is InChI=1S/C13H15F4NO/c1-7(9-3-5-10(14)6-4-9)12(19)11(8(2)18)13(15,16)17/h3-6,8,11,19H,18H2,1-2H3/b12-7-/t8-,11?/m0/s1. The number of aliphatic hydroxyl groups is 1. The molecule has 0 aliphatic rings. The van der Waals surface area contributed by atoms with Crippen LogP contribution in [-0.4, -0.2) is 17.3 Å². The predicted octanol–water partition coefficient (Wildman–Crippen LogP) is 3.64. The first-order valence-corrected chi connectivity index (χ1v) is 5.62. The molecule has 3 N–H and O–H groups in total. The van der Waals surface area contributed by atoms with Gasteiger partial charge in [0, 0.05) is 6.04 Å². The average molecular weight is 277 g/mol. The molecular weight excluding hydrogens is 262 g/mol. The van der Waals surface area contributed by atoms with Gasteiger partial charge in [-0.1, -0.05) is 12.1 Å². The number of hydrogen-bond donors (Lipinski definition) is 2. The van der Waals surface area contributed by atoms with E-state index in [4.69, 9.17) is 5.73 Å². The Hall–Kier alpha value is -1.56. The molecule has 0 radical (unpaired) electrons. The Kier molecular flexibility index (Phi) is 4.57. The summed E-state index contributed by atoms with van der Waals surface area (Å²) in [4.78, 5) is 0. The number of rotatable bonds is 3. The maximum atomic E-state index is 12.8. The van der Waals surface area contributed by atoms with E-state index in [0.29, 0.717) is 5.56 Å². The average Bonchev–Trinajstić information content (AvgIpc) is 2.26. The zero-order valence-corrected chi connectivity index (χ0v) is 10.5. The molecule has 6 heteroatoms. The maximum Gasteiger partial charge on any atom is 0.400 e. The lowest BCUT2D eigenvalue weighted by molar-refractivity contribution is -0.175. The van der Waals surface area contributed by atoms with E-state index in [0.717, 1.165) is 12.1 Å². The first-order valence-electron chi connectivity index (χ1n) is 5.62. The molecule has 1 aromatic carbocycles. The Labute approximate surface area is 108 Å². The van der Waals surface area contributed by atoms with Crippen LogP contribution in [0, 0.1) is 11.7 Å². The number of alkyl halides is 3. The molecule has 2 atom stereocenters. The molecule has 106 valence electrons. The van der Waals surface area contributed by atoms with Crippen molar-refractivity contribution < 1.29 is 22.7 Å². The van der Waals surface area contributed by atoms with Crippen LogP contribution in [0.25, 0.3) is 5.57 Å². The lowest BCUT2D eigenvalue weighted by atomic mass is 9.93. The Balaban J connectivity index is 3.22. The van der Waals surface area contributed by atoms with Gasteiger partial charge >= 0.3 is 6.18 Å². The summed E-state index contributed by atoms with van der Waals surface area (Å²) in [6.45, 7) is 2.51. The summed E-state index contributed by atoms with van der Waals surface area (Å²) >= 11 is 0. The second-order valence-electron chi connectivity index (χ2n) is 4.40. The summed E-state index contributed by atoms with van der Waals surface area (Å²) in [6.07, 6.45) is -4.64. The molecule has 2 nitrogen and oxygen atoms in total. The highest BCUT2D eigenvalue weighted by Crippen LogP contribution is 2.36. The molecule has 0 bridgehead atoms.